The third kappa shape index (κ3) is 3.72. The molecule has 0 unspecified atom stereocenters. The quantitative estimate of drug-likeness (QED) is 0.467. The molecule has 4 nitrogen and oxygen atoms in total. The molecule has 142 valence electrons. The molecule has 0 atom stereocenters. The number of benzene rings is 3. The molecule has 28 heavy (non-hydrogen) atoms. The number of fused-ring (bicyclic) bond motifs is 1. The summed E-state index contributed by atoms with van der Waals surface area (Å²) in [6, 6.07) is 20.8. The van der Waals surface area contributed by atoms with Gasteiger partial charge in [0.1, 0.15) is 5.01 Å². The molecule has 0 saturated carbocycles. The van der Waals surface area contributed by atoms with Gasteiger partial charge in [-0.05, 0) is 16.8 Å². The summed E-state index contributed by atoms with van der Waals surface area (Å²) >= 11 is 1.72. The largest absolute Gasteiger partial charge is 0.493 e. The first kappa shape index (κ1) is 18.5. The highest BCUT2D eigenvalue weighted by atomic mass is 32.1. The van der Waals surface area contributed by atoms with Crippen molar-refractivity contribution in [2.75, 3.05) is 14.2 Å². The highest BCUT2D eigenvalue weighted by molar-refractivity contribution is 7.15. The van der Waals surface area contributed by atoms with Crippen LogP contribution in [0.1, 0.15) is 10.6 Å². The average molecular weight is 391 g/mol. The fourth-order valence-corrected chi connectivity index (χ4v) is 4.28. The van der Waals surface area contributed by atoms with Crippen LogP contribution in [0.25, 0.3) is 21.2 Å². The number of para-hydroxylation sites is 1. The van der Waals surface area contributed by atoms with Crippen LogP contribution >= 0.6 is 11.3 Å². The van der Waals surface area contributed by atoms with Gasteiger partial charge in [0.15, 0.2) is 11.5 Å². The number of hydrogen-bond acceptors (Lipinski definition) is 5. The summed E-state index contributed by atoms with van der Waals surface area (Å²) in [5.74, 6) is 1.52. The molecule has 0 spiro atoms. The van der Waals surface area contributed by atoms with E-state index in [0.717, 1.165) is 22.1 Å². The van der Waals surface area contributed by atoms with Gasteiger partial charge >= 0.3 is 0 Å². The van der Waals surface area contributed by atoms with E-state index in [2.05, 4.69) is 52.8 Å². The standard InChI is InChI=1S/C23H22N2O2S/c1-26-20-12-6-9-17(23(20)27-2)13-24-15-22-25-14-21(28-22)19-11-5-8-16-7-3-4-10-18(16)19/h3-12,14,24H,13,15H2,1-2H3. The summed E-state index contributed by atoms with van der Waals surface area (Å²) in [4.78, 5) is 5.79. The number of thiazole rings is 1. The lowest BCUT2D eigenvalue weighted by Gasteiger charge is -2.12. The average Bonchev–Trinajstić information content (AvgIpc) is 3.21. The Bertz CT molecular complexity index is 1090. The minimum absolute atomic E-state index is 0.684. The van der Waals surface area contributed by atoms with E-state index in [1.807, 2.05) is 24.4 Å². The van der Waals surface area contributed by atoms with E-state index in [1.54, 1.807) is 25.6 Å². The van der Waals surface area contributed by atoms with Gasteiger partial charge in [-0.3, -0.25) is 0 Å². The zero-order valence-corrected chi connectivity index (χ0v) is 16.8. The van der Waals surface area contributed by atoms with Gasteiger partial charge in [-0.25, -0.2) is 4.98 Å². The fraction of sp³-hybridized carbons (Fsp3) is 0.174. The predicted octanol–water partition coefficient (Wildman–Crippen LogP) is 5.27. The van der Waals surface area contributed by atoms with Crippen LogP contribution in [0, 0.1) is 0 Å². The highest BCUT2D eigenvalue weighted by Gasteiger charge is 2.10. The lowest BCUT2D eigenvalue weighted by Crippen LogP contribution is -2.13. The molecule has 0 radical (unpaired) electrons. The van der Waals surface area contributed by atoms with Gasteiger partial charge in [-0.2, -0.15) is 0 Å². The molecule has 0 aliphatic rings. The molecule has 0 bridgehead atoms. The SMILES string of the molecule is COc1cccc(CNCc2ncc(-c3cccc4ccccc34)s2)c1OC. The number of nitrogens with one attached hydrogen (secondary N) is 1. The van der Waals surface area contributed by atoms with Gasteiger partial charge in [0.2, 0.25) is 0 Å². The van der Waals surface area contributed by atoms with Crippen molar-refractivity contribution >= 4 is 22.1 Å². The number of ether oxygens (including phenoxy) is 2. The van der Waals surface area contributed by atoms with Gasteiger partial charge in [0.25, 0.3) is 0 Å². The zero-order valence-electron chi connectivity index (χ0n) is 15.9. The van der Waals surface area contributed by atoms with Crippen LogP contribution in [0.4, 0.5) is 0 Å². The lowest BCUT2D eigenvalue weighted by molar-refractivity contribution is 0.350. The van der Waals surface area contributed by atoms with E-state index in [4.69, 9.17) is 9.47 Å². The summed E-state index contributed by atoms with van der Waals surface area (Å²) in [7, 11) is 3.32. The molecule has 1 heterocycles. The van der Waals surface area contributed by atoms with Gasteiger partial charge in [0.05, 0.1) is 19.1 Å². The van der Waals surface area contributed by atoms with Crippen LogP contribution in [0.5, 0.6) is 11.5 Å². The number of hydrogen-bond donors (Lipinski definition) is 1. The molecule has 1 aromatic heterocycles. The Balaban J connectivity index is 1.48. The maximum Gasteiger partial charge on any atom is 0.165 e. The van der Waals surface area contributed by atoms with E-state index < -0.39 is 0 Å². The first-order chi connectivity index (χ1) is 13.8. The maximum atomic E-state index is 5.49. The van der Waals surface area contributed by atoms with E-state index >= 15 is 0 Å². The third-order valence-electron chi connectivity index (χ3n) is 4.68. The van der Waals surface area contributed by atoms with Crippen LogP contribution in [-0.4, -0.2) is 19.2 Å². The van der Waals surface area contributed by atoms with Crippen molar-refractivity contribution in [1.82, 2.24) is 10.3 Å². The molecule has 3 aromatic carbocycles. The van der Waals surface area contributed by atoms with Gasteiger partial charge in [-0.15, -0.1) is 11.3 Å². The maximum absolute atomic E-state index is 5.49. The Morgan fingerprint density at radius 3 is 2.57 bits per heavy atom. The Morgan fingerprint density at radius 1 is 0.893 bits per heavy atom. The zero-order chi connectivity index (χ0) is 19.3. The van der Waals surface area contributed by atoms with Gasteiger partial charge in [0, 0.05) is 30.4 Å². The molecule has 0 saturated heterocycles. The smallest absolute Gasteiger partial charge is 0.165 e. The van der Waals surface area contributed by atoms with E-state index in [1.165, 1.54) is 21.2 Å². The molecule has 4 aromatic rings. The normalized spacial score (nSPS) is 10.9. The number of rotatable bonds is 7. The van der Waals surface area contributed by atoms with Crippen molar-refractivity contribution in [3.05, 3.63) is 77.4 Å². The minimum atomic E-state index is 0.684. The molecule has 5 heteroatoms. The minimum Gasteiger partial charge on any atom is -0.493 e. The summed E-state index contributed by atoms with van der Waals surface area (Å²) in [5, 5.41) is 7.03. The third-order valence-corrected chi connectivity index (χ3v) is 5.72. The molecular weight excluding hydrogens is 368 g/mol. The molecule has 4 rings (SSSR count). The molecule has 1 N–H and O–H groups in total. The lowest BCUT2D eigenvalue weighted by atomic mass is 10.0. The van der Waals surface area contributed by atoms with Crippen LogP contribution in [-0.2, 0) is 13.1 Å². The van der Waals surface area contributed by atoms with Crippen molar-refractivity contribution in [2.45, 2.75) is 13.1 Å². The highest BCUT2D eigenvalue weighted by Crippen LogP contribution is 2.33. The second-order valence-electron chi connectivity index (χ2n) is 6.40. The number of nitrogens with zero attached hydrogens (tertiary/aromatic N) is 1. The molecule has 0 aliphatic heterocycles. The Labute approximate surface area is 168 Å². The fourth-order valence-electron chi connectivity index (χ4n) is 3.35. The van der Waals surface area contributed by atoms with Crippen molar-refractivity contribution in [3.8, 4) is 21.9 Å². The second kappa shape index (κ2) is 8.42. The monoisotopic (exact) mass is 390 g/mol. The Hall–Kier alpha value is -2.89. The molecule has 0 aliphatic carbocycles. The molecule has 0 fully saturated rings. The first-order valence-electron chi connectivity index (χ1n) is 9.13. The van der Waals surface area contributed by atoms with Crippen molar-refractivity contribution in [1.29, 1.82) is 0 Å². The van der Waals surface area contributed by atoms with Crippen molar-refractivity contribution < 1.29 is 9.47 Å². The van der Waals surface area contributed by atoms with E-state index in [0.29, 0.717) is 13.1 Å². The summed E-state index contributed by atoms with van der Waals surface area (Å²) in [5.41, 5.74) is 2.30. The van der Waals surface area contributed by atoms with Crippen molar-refractivity contribution in [3.63, 3.8) is 0 Å². The Morgan fingerprint density at radius 2 is 1.71 bits per heavy atom. The van der Waals surface area contributed by atoms with Gasteiger partial charge in [-0.1, -0.05) is 54.6 Å². The number of aromatic nitrogens is 1. The topological polar surface area (TPSA) is 43.4 Å². The van der Waals surface area contributed by atoms with Crippen LogP contribution in [0.3, 0.4) is 0 Å². The molecule has 0 amide bonds. The summed E-state index contributed by atoms with van der Waals surface area (Å²) in [6.07, 6.45) is 1.97. The number of methoxy groups -OCH3 is 2. The van der Waals surface area contributed by atoms with Crippen LogP contribution in [0.2, 0.25) is 0 Å². The summed E-state index contributed by atoms with van der Waals surface area (Å²) < 4.78 is 10.9. The van der Waals surface area contributed by atoms with E-state index in [9.17, 15) is 0 Å². The van der Waals surface area contributed by atoms with Crippen LogP contribution < -0.4 is 14.8 Å². The van der Waals surface area contributed by atoms with Crippen molar-refractivity contribution in [2.24, 2.45) is 0 Å². The summed E-state index contributed by atoms with van der Waals surface area (Å²) in [6.45, 7) is 1.39. The predicted molar refractivity (Wildman–Crippen MR) is 115 cm³/mol. The second-order valence-corrected chi connectivity index (χ2v) is 7.52. The van der Waals surface area contributed by atoms with Crippen LogP contribution in [0.15, 0.2) is 66.9 Å². The first-order valence-corrected chi connectivity index (χ1v) is 9.95. The molecular formula is C23H22N2O2S. The Kier molecular flexibility index (Phi) is 5.55. The van der Waals surface area contributed by atoms with E-state index in [-0.39, 0.29) is 0 Å². The van der Waals surface area contributed by atoms with Gasteiger partial charge < -0.3 is 14.8 Å².